The van der Waals surface area contributed by atoms with Crippen LogP contribution in [0.1, 0.15) is 37.3 Å². The molecule has 0 spiro atoms. The van der Waals surface area contributed by atoms with Crippen LogP contribution in [-0.4, -0.2) is 83.0 Å². The average molecular weight is 609 g/mol. The molecule has 0 bridgehead atoms. The van der Waals surface area contributed by atoms with Gasteiger partial charge in [0.05, 0.1) is 17.1 Å². The van der Waals surface area contributed by atoms with E-state index in [1.807, 2.05) is 4.90 Å². The Morgan fingerprint density at radius 1 is 1.16 bits per heavy atom. The summed E-state index contributed by atoms with van der Waals surface area (Å²) in [5.74, 6) is -2.04. The van der Waals surface area contributed by atoms with Gasteiger partial charge < -0.3 is 19.7 Å². The highest BCUT2D eigenvalue weighted by Crippen LogP contribution is 2.46. The Kier molecular flexibility index (Phi) is 6.65. The van der Waals surface area contributed by atoms with Gasteiger partial charge in [-0.1, -0.05) is 0 Å². The average Bonchev–Trinajstić information content (AvgIpc) is 3.45. The van der Waals surface area contributed by atoms with Crippen molar-refractivity contribution < 1.29 is 35.8 Å². The predicted octanol–water partition coefficient (Wildman–Crippen LogP) is 4.81. The third kappa shape index (κ3) is 4.55. The number of nitrogens with one attached hydrogen (secondary N) is 1. The van der Waals surface area contributed by atoms with Crippen molar-refractivity contribution in [3.05, 3.63) is 34.9 Å². The number of fused-ring (bicyclic) bond motifs is 3. The molecule has 1 aromatic carbocycles. The second-order valence-corrected chi connectivity index (χ2v) is 11.9. The molecular weight excluding hydrogens is 578 g/mol. The molecule has 0 radical (unpaired) electrons. The molecule has 4 aliphatic rings. The minimum Gasteiger partial charge on any atom is -0.472 e. The summed E-state index contributed by atoms with van der Waals surface area (Å²) in [6, 6.07) is 1.28. The Hall–Kier alpha value is -3.39. The lowest BCUT2D eigenvalue weighted by Gasteiger charge is -2.38. The van der Waals surface area contributed by atoms with Crippen LogP contribution < -0.4 is 19.7 Å². The van der Waals surface area contributed by atoms with E-state index in [1.165, 1.54) is 0 Å². The topological polar surface area (TPSA) is 75.6 Å². The van der Waals surface area contributed by atoms with E-state index in [0.29, 0.717) is 38.4 Å². The van der Waals surface area contributed by atoms with Gasteiger partial charge in [-0.3, -0.25) is 4.90 Å². The van der Waals surface area contributed by atoms with Gasteiger partial charge in [0.25, 0.3) is 0 Å². The summed E-state index contributed by atoms with van der Waals surface area (Å²) in [5.41, 5.74) is -4.16. The molecule has 2 aromatic heterocycles. The van der Waals surface area contributed by atoms with Gasteiger partial charge in [-0.05, 0) is 50.9 Å². The highest BCUT2D eigenvalue weighted by atomic mass is 19.4. The van der Waals surface area contributed by atoms with Crippen molar-refractivity contribution >= 4 is 16.7 Å². The third-order valence-electron chi connectivity index (χ3n) is 9.28. The lowest BCUT2D eigenvalue weighted by atomic mass is 9.95. The summed E-state index contributed by atoms with van der Waals surface area (Å²) in [6.45, 7) is 5.53. The number of anilines is 1. The maximum atomic E-state index is 16.5. The van der Waals surface area contributed by atoms with Gasteiger partial charge >= 0.3 is 12.2 Å². The molecule has 0 amide bonds. The lowest BCUT2D eigenvalue weighted by Crippen LogP contribution is -2.56. The Balaban J connectivity index is 1.42. The number of hydrogen-bond donors (Lipinski definition) is 1. The summed E-state index contributed by atoms with van der Waals surface area (Å²) < 4.78 is 100. The first kappa shape index (κ1) is 28.4. The smallest absolute Gasteiger partial charge is 0.417 e. The molecule has 3 saturated heterocycles. The van der Waals surface area contributed by atoms with E-state index in [2.05, 4.69) is 25.2 Å². The van der Waals surface area contributed by atoms with Crippen LogP contribution in [0.4, 0.5) is 32.2 Å². The summed E-state index contributed by atoms with van der Waals surface area (Å²) in [4.78, 5) is 17.3. The molecule has 4 aliphatic heterocycles. The fourth-order valence-corrected chi connectivity index (χ4v) is 7.20. The number of ether oxygens (including phenoxy) is 2. The first-order valence-electron chi connectivity index (χ1n) is 14.4. The van der Waals surface area contributed by atoms with Gasteiger partial charge in [0.1, 0.15) is 47.1 Å². The van der Waals surface area contributed by atoms with Gasteiger partial charge in [-0.2, -0.15) is 23.1 Å². The van der Waals surface area contributed by atoms with Crippen molar-refractivity contribution in [2.75, 3.05) is 44.2 Å². The summed E-state index contributed by atoms with van der Waals surface area (Å²) in [7, 11) is 0. The van der Waals surface area contributed by atoms with Gasteiger partial charge in [0, 0.05) is 38.2 Å². The Labute approximate surface area is 243 Å². The number of aromatic nitrogens is 3. The van der Waals surface area contributed by atoms with E-state index < -0.39 is 58.0 Å². The van der Waals surface area contributed by atoms with Crippen LogP contribution in [0.15, 0.2) is 12.1 Å². The molecule has 3 fully saturated rings. The molecular formula is C29H30F6N6O2. The highest BCUT2D eigenvalue weighted by molar-refractivity contribution is 5.97. The number of benzene rings is 1. The van der Waals surface area contributed by atoms with Crippen LogP contribution in [0.25, 0.3) is 22.2 Å². The maximum Gasteiger partial charge on any atom is 0.417 e. The molecule has 4 atom stereocenters. The van der Waals surface area contributed by atoms with Crippen molar-refractivity contribution in [2.24, 2.45) is 0 Å². The monoisotopic (exact) mass is 608 g/mol. The largest absolute Gasteiger partial charge is 0.472 e. The van der Waals surface area contributed by atoms with Crippen LogP contribution >= 0.6 is 0 Å². The zero-order valence-corrected chi connectivity index (χ0v) is 23.6. The van der Waals surface area contributed by atoms with Crippen molar-refractivity contribution in [1.29, 1.82) is 0 Å². The standard InChI is InChI=1S/C29H30F6N6O2/c1-14-18(31)5-4-17(21(14)29(33,34)35)23-22(32)24-20-25(41-9-7-36-11-19(41)15(2)43-26(20)37-23)39-27(38-24)42-13-28-6-3-8-40(28)12-16(30)10-28/h4-5,15-16,19,36H,3,6-13H2,1-2H3/t15-,16+,19-,28-/m0/s1. The van der Waals surface area contributed by atoms with Crippen LogP contribution in [0.2, 0.25) is 0 Å². The molecule has 3 aromatic rings. The van der Waals surface area contributed by atoms with Crippen molar-refractivity contribution in [3.63, 3.8) is 0 Å². The Morgan fingerprint density at radius 2 is 1.98 bits per heavy atom. The molecule has 14 heteroatoms. The number of nitrogens with zero attached hydrogens (tertiary/aromatic N) is 5. The van der Waals surface area contributed by atoms with E-state index in [4.69, 9.17) is 9.47 Å². The lowest BCUT2D eigenvalue weighted by molar-refractivity contribution is -0.137. The second-order valence-electron chi connectivity index (χ2n) is 11.9. The molecule has 1 N–H and O–H groups in total. The van der Waals surface area contributed by atoms with Gasteiger partial charge in [-0.25, -0.2) is 18.2 Å². The first-order valence-corrected chi connectivity index (χ1v) is 14.4. The van der Waals surface area contributed by atoms with Crippen LogP contribution in [0, 0.1) is 18.6 Å². The minimum atomic E-state index is -4.99. The first-order chi connectivity index (χ1) is 20.5. The number of rotatable bonds is 4. The van der Waals surface area contributed by atoms with Crippen molar-refractivity contribution in [2.45, 2.75) is 63.1 Å². The normalized spacial score (nSPS) is 27.2. The van der Waals surface area contributed by atoms with E-state index in [1.54, 1.807) is 6.92 Å². The Bertz CT molecular complexity index is 1600. The molecule has 8 nitrogen and oxygen atoms in total. The summed E-state index contributed by atoms with van der Waals surface area (Å²) in [5, 5.41) is 3.41. The number of pyridine rings is 1. The molecule has 6 heterocycles. The van der Waals surface area contributed by atoms with E-state index in [0.717, 1.165) is 38.4 Å². The van der Waals surface area contributed by atoms with Crippen molar-refractivity contribution in [3.8, 4) is 23.1 Å². The molecule has 7 rings (SSSR count). The van der Waals surface area contributed by atoms with E-state index >= 15 is 4.39 Å². The second kappa shape index (κ2) is 10.1. The van der Waals surface area contributed by atoms with Gasteiger partial charge in [0.2, 0.25) is 5.88 Å². The van der Waals surface area contributed by atoms with Crippen molar-refractivity contribution in [1.82, 2.24) is 25.2 Å². The van der Waals surface area contributed by atoms with Crippen LogP contribution in [0.5, 0.6) is 11.9 Å². The van der Waals surface area contributed by atoms with Gasteiger partial charge in [0.15, 0.2) is 5.82 Å². The minimum absolute atomic E-state index is 0.0814. The predicted molar refractivity (Wildman–Crippen MR) is 145 cm³/mol. The zero-order chi connectivity index (χ0) is 30.3. The molecule has 0 aliphatic carbocycles. The fraction of sp³-hybridized carbons (Fsp3) is 0.552. The number of halogens is 6. The fourth-order valence-electron chi connectivity index (χ4n) is 7.20. The number of hydrogen-bond acceptors (Lipinski definition) is 8. The van der Waals surface area contributed by atoms with Crippen LogP contribution in [-0.2, 0) is 6.18 Å². The Morgan fingerprint density at radius 3 is 2.77 bits per heavy atom. The molecule has 43 heavy (non-hydrogen) atoms. The van der Waals surface area contributed by atoms with E-state index in [9.17, 15) is 22.0 Å². The van der Waals surface area contributed by atoms with Gasteiger partial charge in [-0.15, -0.1) is 0 Å². The number of alkyl halides is 4. The molecule has 0 unspecified atom stereocenters. The van der Waals surface area contributed by atoms with E-state index in [-0.39, 0.29) is 35.4 Å². The summed E-state index contributed by atoms with van der Waals surface area (Å²) >= 11 is 0. The molecule has 230 valence electrons. The maximum absolute atomic E-state index is 16.5. The SMILES string of the molecule is Cc1c(F)ccc(-c2nc3c4c(nc(OC[C@@]56CCCN5C[C@H](F)C6)nc4c2F)N2CCNC[C@H]2[C@H](C)O3)c1C(F)(F)F. The summed E-state index contributed by atoms with van der Waals surface area (Å²) in [6.07, 6.45) is -4.56. The zero-order valence-electron chi connectivity index (χ0n) is 23.6. The molecule has 0 saturated carbocycles. The number of piperazine rings is 1. The quantitative estimate of drug-likeness (QED) is 0.423. The van der Waals surface area contributed by atoms with Crippen LogP contribution in [0.3, 0.4) is 0 Å². The third-order valence-corrected chi connectivity index (χ3v) is 9.28. The highest BCUT2D eigenvalue weighted by Gasteiger charge is 2.49.